The summed E-state index contributed by atoms with van der Waals surface area (Å²) in [7, 11) is 0. The minimum atomic E-state index is -1.46. The van der Waals surface area contributed by atoms with Gasteiger partial charge in [0, 0.05) is 13.0 Å². The van der Waals surface area contributed by atoms with Crippen molar-refractivity contribution >= 4 is 18.2 Å². The summed E-state index contributed by atoms with van der Waals surface area (Å²) in [5.41, 5.74) is -2.21. The molecule has 1 heterocycles. The van der Waals surface area contributed by atoms with Crippen molar-refractivity contribution in [1.29, 1.82) is 0 Å². The molecule has 4 atom stereocenters. The molecule has 2 unspecified atom stereocenters. The Morgan fingerprint density at radius 3 is 2.52 bits per heavy atom. The van der Waals surface area contributed by atoms with Gasteiger partial charge in [0.2, 0.25) is 0 Å². The molecule has 0 aromatic carbocycles. The van der Waals surface area contributed by atoms with Gasteiger partial charge in [-0.15, -0.1) is 6.58 Å². The van der Waals surface area contributed by atoms with E-state index in [2.05, 4.69) is 11.9 Å². The minimum absolute atomic E-state index is 0.0492. The molecule has 2 N–H and O–H groups in total. The lowest BCUT2D eigenvalue weighted by atomic mass is 9.84. The first-order valence-corrected chi connectivity index (χ1v) is 10.3. The fraction of sp³-hybridized carbons (Fsp3) is 0.762. The normalized spacial score (nSPS) is 29.8. The van der Waals surface area contributed by atoms with Crippen molar-refractivity contribution in [2.75, 3.05) is 6.54 Å². The topological polar surface area (TPSA) is 105 Å². The van der Waals surface area contributed by atoms with Gasteiger partial charge < -0.3 is 19.9 Å². The maximum absolute atomic E-state index is 12.5. The third-order valence-electron chi connectivity index (χ3n) is 5.61. The Bertz CT molecular complexity index is 644. The monoisotopic (exact) mass is 410 g/mol. The number of nitrogens with zero attached hydrogens (tertiary/aromatic N) is 1. The van der Waals surface area contributed by atoms with Crippen molar-refractivity contribution in [2.24, 2.45) is 5.92 Å². The quantitative estimate of drug-likeness (QED) is 0.670. The molecule has 8 nitrogen and oxygen atoms in total. The molecule has 164 valence electrons. The molecule has 8 heteroatoms. The number of ether oxygens (including phenoxy) is 2. The number of carboxylic acids is 1. The Hall–Kier alpha value is -2.25. The van der Waals surface area contributed by atoms with Gasteiger partial charge in [-0.25, -0.2) is 14.4 Å². The number of amides is 2. The van der Waals surface area contributed by atoms with E-state index in [4.69, 9.17) is 9.47 Å². The predicted octanol–water partition coefficient (Wildman–Crippen LogP) is 3.70. The van der Waals surface area contributed by atoms with Crippen LogP contribution in [0.5, 0.6) is 0 Å². The zero-order valence-corrected chi connectivity index (χ0v) is 17.9. The SMILES string of the molecule is C=CCC1CCCCC1OC(=O)N[C@H]1CN(C(=O)OC(C)(C)C)[C@](C)(C(=O)O)C1. The van der Waals surface area contributed by atoms with E-state index in [1.165, 1.54) is 11.8 Å². The van der Waals surface area contributed by atoms with E-state index in [0.29, 0.717) is 0 Å². The Morgan fingerprint density at radius 2 is 1.93 bits per heavy atom. The maximum atomic E-state index is 12.5. The molecule has 1 aliphatic heterocycles. The molecule has 2 rings (SSSR count). The van der Waals surface area contributed by atoms with Crippen molar-refractivity contribution < 1.29 is 29.0 Å². The second kappa shape index (κ2) is 9.05. The number of rotatable bonds is 5. The van der Waals surface area contributed by atoms with Crippen molar-refractivity contribution in [2.45, 2.75) is 89.5 Å². The zero-order chi connectivity index (χ0) is 21.8. The van der Waals surface area contributed by atoms with E-state index in [9.17, 15) is 19.5 Å². The number of allylic oxidation sites excluding steroid dienone is 1. The first-order chi connectivity index (χ1) is 13.5. The molecular weight excluding hydrogens is 376 g/mol. The van der Waals surface area contributed by atoms with Crippen molar-refractivity contribution in [3.63, 3.8) is 0 Å². The first-order valence-electron chi connectivity index (χ1n) is 10.3. The third kappa shape index (κ3) is 5.87. The average Bonchev–Trinajstić information content (AvgIpc) is 2.93. The van der Waals surface area contributed by atoms with Crippen LogP contribution in [-0.4, -0.2) is 58.0 Å². The van der Waals surface area contributed by atoms with Crippen LogP contribution in [-0.2, 0) is 14.3 Å². The molecular formula is C21H34N2O6. The molecule has 0 bridgehead atoms. The highest BCUT2D eigenvalue weighted by Crippen LogP contribution is 2.32. The van der Waals surface area contributed by atoms with Crippen LogP contribution in [0.3, 0.4) is 0 Å². The van der Waals surface area contributed by atoms with Gasteiger partial charge in [-0.3, -0.25) is 4.90 Å². The molecule has 1 saturated heterocycles. The predicted molar refractivity (Wildman–Crippen MR) is 108 cm³/mol. The lowest BCUT2D eigenvalue weighted by molar-refractivity contribution is -0.148. The highest BCUT2D eigenvalue weighted by atomic mass is 16.6. The fourth-order valence-electron chi connectivity index (χ4n) is 4.12. The highest BCUT2D eigenvalue weighted by Gasteiger charge is 2.52. The van der Waals surface area contributed by atoms with Crippen LogP contribution in [0.1, 0.15) is 66.2 Å². The van der Waals surface area contributed by atoms with Gasteiger partial charge in [-0.2, -0.15) is 0 Å². The van der Waals surface area contributed by atoms with Gasteiger partial charge in [0.05, 0.1) is 6.04 Å². The van der Waals surface area contributed by atoms with Crippen LogP contribution in [0.25, 0.3) is 0 Å². The van der Waals surface area contributed by atoms with E-state index in [1.807, 2.05) is 6.08 Å². The number of alkyl carbamates (subject to hydrolysis) is 1. The molecule has 1 saturated carbocycles. The summed E-state index contributed by atoms with van der Waals surface area (Å²) in [6, 6.07) is -0.530. The van der Waals surface area contributed by atoms with Crippen LogP contribution >= 0.6 is 0 Å². The largest absolute Gasteiger partial charge is 0.480 e. The fourth-order valence-corrected chi connectivity index (χ4v) is 4.12. The van der Waals surface area contributed by atoms with Gasteiger partial charge in [0.15, 0.2) is 0 Å². The smallest absolute Gasteiger partial charge is 0.411 e. The molecule has 0 aromatic heterocycles. The summed E-state index contributed by atoms with van der Waals surface area (Å²) in [5, 5.41) is 12.4. The van der Waals surface area contributed by atoms with Crippen LogP contribution < -0.4 is 5.32 Å². The summed E-state index contributed by atoms with van der Waals surface area (Å²) >= 11 is 0. The van der Waals surface area contributed by atoms with Crippen molar-refractivity contribution in [3.05, 3.63) is 12.7 Å². The number of nitrogens with one attached hydrogen (secondary N) is 1. The van der Waals surface area contributed by atoms with Gasteiger partial charge in [-0.1, -0.05) is 12.5 Å². The summed E-state index contributed by atoms with van der Waals surface area (Å²) in [5.74, 6) is -0.877. The maximum Gasteiger partial charge on any atom is 0.411 e. The number of hydrogen-bond acceptors (Lipinski definition) is 5. The standard InChI is InChI=1S/C21H34N2O6/c1-6-9-14-10-7-8-11-16(14)28-18(26)22-15-12-21(5,17(24)25)23(13-15)19(27)29-20(2,3)4/h6,14-16H,1,7-13H2,2-5H3,(H,22,26)(H,24,25)/t14?,15-,16?,21+/m1/s1. The Balaban J connectivity index is 2.01. The Kier molecular flexibility index (Phi) is 7.19. The van der Waals surface area contributed by atoms with Gasteiger partial charge in [-0.05, 0) is 59.3 Å². The molecule has 1 aliphatic carbocycles. The molecule has 29 heavy (non-hydrogen) atoms. The van der Waals surface area contributed by atoms with Gasteiger partial charge in [0.25, 0.3) is 0 Å². The summed E-state index contributed by atoms with van der Waals surface area (Å²) in [6.45, 7) is 10.4. The molecule has 2 aliphatic rings. The lowest BCUT2D eigenvalue weighted by Gasteiger charge is -2.32. The second-order valence-electron chi connectivity index (χ2n) is 9.23. The summed E-state index contributed by atoms with van der Waals surface area (Å²) in [6.07, 6.45) is 5.21. The van der Waals surface area contributed by atoms with Crippen LogP contribution in [0.15, 0.2) is 12.7 Å². The highest BCUT2D eigenvalue weighted by molar-refractivity contribution is 5.85. The van der Waals surface area contributed by atoms with Crippen molar-refractivity contribution in [3.8, 4) is 0 Å². The molecule has 0 spiro atoms. The van der Waals surface area contributed by atoms with E-state index >= 15 is 0 Å². The van der Waals surface area contributed by atoms with E-state index in [0.717, 1.165) is 32.1 Å². The van der Waals surface area contributed by atoms with Crippen LogP contribution in [0.4, 0.5) is 9.59 Å². The molecule has 2 fully saturated rings. The minimum Gasteiger partial charge on any atom is -0.480 e. The van der Waals surface area contributed by atoms with Gasteiger partial charge in [0.1, 0.15) is 17.2 Å². The van der Waals surface area contributed by atoms with Crippen LogP contribution in [0, 0.1) is 5.92 Å². The van der Waals surface area contributed by atoms with Gasteiger partial charge >= 0.3 is 18.2 Å². The molecule has 0 radical (unpaired) electrons. The average molecular weight is 411 g/mol. The number of carbonyl (C=O) groups excluding carboxylic acids is 2. The van der Waals surface area contributed by atoms with E-state index < -0.39 is 35.3 Å². The van der Waals surface area contributed by atoms with E-state index in [-0.39, 0.29) is 25.0 Å². The Labute approximate surface area is 172 Å². The number of aliphatic carboxylic acids is 1. The number of carboxylic acid groups (broad SMARTS) is 1. The van der Waals surface area contributed by atoms with E-state index in [1.54, 1.807) is 20.8 Å². The Morgan fingerprint density at radius 1 is 1.28 bits per heavy atom. The third-order valence-corrected chi connectivity index (χ3v) is 5.61. The number of likely N-dealkylation sites (tertiary alicyclic amines) is 1. The van der Waals surface area contributed by atoms with Crippen molar-refractivity contribution in [1.82, 2.24) is 10.2 Å². The number of hydrogen-bond donors (Lipinski definition) is 2. The summed E-state index contributed by atoms with van der Waals surface area (Å²) < 4.78 is 11.0. The second-order valence-corrected chi connectivity index (χ2v) is 9.23. The first kappa shape index (κ1) is 23.0. The summed E-state index contributed by atoms with van der Waals surface area (Å²) in [4.78, 5) is 38.0. The zero-order valence-electron chi connectivity index (χ0n) is 17.9. The number of carbonyl (C=O) groups is 3. The van der Waals surface area contributed by atoms with Crippen LogP contribution in [0.2, 0.25) is 0 Å². The molecule has 0 aromatic rings. The molecule has 2 amide bonds. The lowest BCUT2D eigenvalue weighted by Crippen LogP contribution is -2.52.